The molecule has 0 radical (unpaired) electrons. The normalized spacial score (nSPS) is 11.2. The second kappa shape index (κ2) is 8.28. The minimum absolute atomic E-state index is 0.146. The molecule has 1 aromatic heterocycles. The molecule has 1 heterocycles. The van der Waals surface area contributed by atoms with E-state index in [0.717, 1.165) is 15.6 Å². The maximum absolute atomic E-state index is 12.0. The van der Waals surface area contributed by atoms with Crippen LogP contribution < -0.4 is 4.74 Å². The number of hydrogen-bond donors (Lipinski definition) is 2. The third-order valence-electron chi connectivity index (χ3n) is 4.30. The highest BCUT2D eigenvalue weighted by Gasteiger charge is 2.11. The summed E-state index contributed by atoms with van der Waals surface area (Å²) >= 11 is 3.37. The van der Waals surface area contributed by atoms with Crippen LogP contribution in [0.25, 0.3) is 22.0 Å². The standard InChI is InChI=1S/C22H16BrN3O3/c23-16-8-11-19-18(12-16)21(22(28)24-19)26-25-20(27)13-29-17-9-6-15(7-10-17)14-4-2-1-3-5-14/h1-12,24,28H,13H2. The van der Waals surface area contributed by atoms with Crippen molar-refractivity contribution in [1.82, 2.24) is 4.98 Å². The Labute approximate surface area is 175 Å². The molecular formula is C22H16BrN3O3. The second-order valence-corrected chi connectivity index (χ2v) is 7.20. The van der Waals surface area contributed by atoms with Gasteiger partial charge in [0.1, 0.15) is 5.75 Å². The van der Waals surface area contributed by atoms with Gasteiger partial charge in [0.05, 0.1) is 5.52 Å². The number of nitrogens with zero attached hydrogens (tertiary/aromatic N) is 2. The van der Waals surface area contributed by atoms with Crippen LogP contribution in [0, 0.1) is 0 Å². The molecule has 144 valence electrons. The van der Waals surface area contributed by atoms with Crippen molar-refractivity contribution in [1.29, 1.82) is 0 Å². The van der Waals surface area contributed by atoms with Crippen molar-refractivity contribution in [3.05, 3.63) is 77.3 Å². The van der Waals surface area contributed by atoms with Crippen LogP contribution in [-0.2, 0) is 4.79 Å². The molecule has 7 heteroatoms. The number of azo groups is 1. The largest absolute Gasteiger partial charge is 0.493 e. The van der Waals surface area contributed by atoms with Gasteiger partial charge in [-0.2, -0.15) is 0 Å². The van der Waals surface area contributed by atoms with Crippen LogP contribution in [0.4, 0.5) is 5.69 Å². The zero-order chi connectivity index (χ0) is 20.2. The Hall–Kier alpha value is -3.45. The molecule has 0 aliphatic carbocycles. The van der Waals surface area contributed by atoms with Gasteiger partial charge in [0.25, 0.3) is 0 Å². The molecule has 4 rings (SSSR count). The van der Waals surface area contributed by atoms with Crippen LogP contribution in [0.3, 0.4) is 0 Å². The summed E-state index contributed by atoms with van der Waals surface area (Å²) in [6.45, 7) is -0.249. The van der Waals surface area contributed by atoms with Crippen molar-refractivity contribution in [2.75, 3.05) is 6.61 Å². The Balaban J connectivity index is 1.40. The van der Waals surface area contributed by atoms with Gasteiger partial charge < -0.3 is 14.8 Å². The second-order valence-electron chi connectivity index (χ2n) is 6.28. The van der Waals surface area contributed by atoms with Crippen molar-refractivity contribution in [2.24, 2.45) is 10.2 Å². The molecule has 6 nitrogen and oxygen atoms in total. The number of H-pyrrole nitrogens is 1. The van der Waals surface area contributed by atoms with Gasteiger partial charge in [0.15, 0.2) is 12.3 Å². The Morgan fingerprint density at radius 3 is 2.48 bits per heavy atom. The van der Waals surface area contributed by atoms with Crippen molar-refractivity contribution < 1.29 is 14.6 Å². The minimum atomic E-state index is -0.555. The van der Waals surface area contributed by atoms with Gasteiger partial charge >= 0.3 is 5.91 Å². The van der Waals surface area contributed by atoms with E-state index in [1.807, 2.05) is 48.5 Å². The number of amides is 1. The topological polar surface area (TPSA) is 87.0 Å². The first kappa shape index (κ1) is 18.9. The highest BCUT2D eigenvalue weighted by Crippen LogP contribution is 2.36. The van der Waals surface area contributed by atoms with Gasteiger partial charge in [0.2, 0.25) is 5.88 Å². The molecule has 29 heavy (non-hydrogen) atoms. The number of aromatic hydroxyl groups is 1. The monoisotopic (exact) mass is 449 g/mol. The lowest BCUT2D eigenvalue weighted by atomic mass is 10.1. The number of aromatic nitrogens is 1. The maximum Gasteiger partial charge on any atom is 0.302 e. The van der Waals surface area contributed by atoms with E-state index in [1.165, 1.54) is 0 Å². The zero-order valence-corrected chi connectivity index (χ0v) is 16.8. The lowest BCUT2D eigenvalue weighted by Gasteiger charge is -2.05. The van der Waals surface area contributed by atoms with Gasteiger partial charge in [-0.15, -0.1) is 10.2 Å². The summed E-state index contributed by atoms with van der Waals surface area (Å²) in [4.78, 5) is 14.8. The summed E-state index contributed by atoms with van der Waals surface area (Å²) in [7, 11) is 0. The first-order valence-corrected chi connectivity index (χ1v) is 9.62. The summed E-state index contributed by atoms with van der Waals surface area (Å²) in [5, 5.41) is 18.2. The van der Waals surface area contributed by atoms with Crippen molar-refractivity contribution in [2.45, 2.75) is 0 Å². The molecule has 0 aliphatic rings. The Kier molecular flexibility index (Phi) is 5.39. The molecule has 0 atom stereocenters. The molecule has 0 saturated carbocycles. The number of halogens is 1. The molecule has 3 aromatic carbocycles. The molecule has 0 unspecified atom stereocenters. The van der Waals surface area contributed by atoms with E-state index in [9.17, 15) is 9.90 Å². The first-order chi connectivity index (χ1) is 14.1. The minimum Gasteiger partial charge on any atom is -0.493 e. The van der Waals surface area contributed by atoms with Gasteiger partial charge in [0, 0.05) is 9.86 Å². The number of nitrogens with one attached hydrogen (secondary N) is 1. The lowest BCUT2D eigenvalue weighted by molar-refractivity contribution is -0.120. The number of benzene rings is 3. The summed E-state index contributed by atoms with van der Waals surface area (Å²) < 4.78 is 6.31. The number of hydrogen-bond acceptors (Lipinski definition) is 4. The number of ether oxygens (including phenoxy) is 1. The molecule has 0 bridgehead atoms. The number of carbonyl (C=O) groups is 1. The van der Waals surface area contributed by atoms with Crippen LogP contribution in [0.1, 0.15) is 0 Å². The summed E-state index contributed by atoms with van der Waals surface area (Å²) in [5.41, 5.74) is 3.07. The predicted octanol–water partition coefficient (Wildman–Crippen LogP) is 5.99. The van der Waals surface area contributed by atoms with Crippen LogP contribution in [0.2, 0.25) is 0 Å². The molecule has 0 spiro atoms. The van der Waals surface area contributed by atoms with Crippen LogP contribution in [0.15, 0.2) is 87.5 Å². The first-order valence-electron chi connectivity index (χ1n) is 8.83. The summed E-state index contributed by atoms with van der Waals surface area (Å²) in [6, 6.07) is 22.9. The average Bonchev–Trinajstić information content (AvgIpc) is 3.06. The van der Waals surface area contributed by atoms with Crippen LogP contribution >= 0.6 is 15.9 Å². The quantitative estimate of drug-likeness (QED) is 0.366. The maximum atomic E-state index is 12.0. The average molecular weight is 450 g/mol. The van der Waals surface area contributed by atoms with E-state index in [0.29, 0.717) is 16.7 Å². The third-order valence-corrected chi connectivity index (χ3v) is 4.79. The van der Waals surface area contributed by atoms with Crippen molar-refractivity contribution in [3.63, 3.8) is 0 Å². The molecule has 0 saturated heterocycles. The number of carbonyl (C=O) groups excluding carboxylic acids is 1. The molecule has 0 fully saturated rings. The van der Waals surface area contributed by atoms with Crippen LogP contribution in [-0.4, -0.2) is 22.6 Å². The Morgan fingerprint density at radius 1 is 1.00 bits per heavy atom. The smallest absolute Gasteiger partial charge is 0.302 e. The van der Waals surface area contributed by atoms with Crippen molar-refractivity contribution >= 4 is 38.4 Å². The Morgan fingerprint density at radius 2 is 1.72 bits per heavy atom. The van der Waals surface area contributed by atoms with Crippen LogP contribution in [0.5, 0.6) is 11.6 Å². The highest BCUT2D eigenvalue weighted by atomic mass is 79.9. The van der Waals surface area contributed by atoms with E-state index in [2.05, 4.69) is 31.1 Å². The molecule has 0 aliphatic heterocycles. The van der Waals surface area contributed by atoms with E-state index < -0.39 is 5.91 Å². The van der Waals surface area contributed by atoms with E-state index in [4.69, 9.17) is 4.74 Å². The molecule has 2 N–H and O–H groups in total. The molecular weight excluding hydrogens is 434 g/mol. The predicted molar refractivity (Wildman–Crippen MR) is 115 cm³/mol. The fourth-order valence-electron chi connectivity index (χ4n) is 2.89. The number of aromatic amines is 1. The lowest BCUT2D eigenvalue weighted by Crippen LogP contribution is -2.07. The van der Waals surface area contributed by atoms with E-state index in [1.54, 1.807) is 24.3 Å². The van der Waals surface area contributed by atoms with Gasteiger partial charge in [-0.25, -0.2) is 0 Å². The fourth-order valence-corrected chi connectivity index (χ4v) is 3.25. The third kappa shape index (κ3) is 4.35. The SMILES string of the molecule is O=C(COc1ccc(-c2ccccc2)cc1)N=Nc1c(O)[nH]c2ccc(Br)cc12. The fraction of sp³-hybridized carbons (Fsp3) is 0.0455. The van der Waals surface area contributed by atoms with Gasteiger partial charge in [-0.3, -0.25) is 4.79 Å². The highest BCUT2D eigenvalue weighted by molar-refractivity contribution is 9.10. The van der Waals surface area contributed by atoms with Gasteiger partial charge in [-0.1, -0.05) is 58.4 Å². The number of fused-ring (bicyclic) bond motifs is 1. The van der Waals surface area contributed by atoms with Crippen molar-refractivity contribution in [3.8, 4) is 22.8 Å². The summed E-state index contributed by atoms with van der Waals surface area (Å²) in [5.74, 6) is -0.139. The van der Waals surface area contributed by atoms with E-state index >= 15 is 0 Å². The molecule has 4 aromatic rings. The Bertz CT molecular complexity index is 1190. The summed E-state index contributed by atoms with van der Waals surface area (Å²) in [6.07, 6.45) is 0. The zero-order valence-electron chi connectivity index (χ0n) is 15.2. The number of rotatable bonds is 5. The van der Waals surface area contributed by atoms with Gasteiger partial charge in [-0.05, 0) is 41.5 Å². The molecule has 1 amide bonds. The van der Waals surface area contributed by atoms with E-state index in [-0.39, 0.29) is 18.2 Å².